The third-order valence-corrected chi connectivity index (χ3v) is 3.74. The molecule has 2 rings (SSSR count). The van der Waals surface area contributed by atoms with Crippen molar-refractivity contribution in [2.24, 2.45) is 0 Å². The molecule has 0 radical (unpaired) electrons. The predicted molar refractivity (Wildman–Crippen MR) is 85.5 cm³/mol. The van der Waals surface area contributed by atoms with Crippen molar-refractivity contribution in [3.8, 4) is 0 Å². The van der Waals surface area contributed by atoms with Crippen LogP contribution in [0, 0.1) is 12.7 Å². The van der Waals surface area contributed by atoms with Gasteiger partial charge in [0.05, 0.1) is 6.54 Å². The summed E-state index contributed by atoms with van der Waals surface area (Å²) in [7, 11) is 1.47. The zero-order valence-electron chi connectivity index (χ0n) is 14.0. The molecule has 0 saturated carbocycles. The molecule has 1 heterocycles. The van der Waals surface area contributed by atoms with Crippen LogP contribution in [0.3, 0.4) is 0 Å². The topological polar surface area (TPSA) is 66.5 Å². The number of rotatable bonds is 5. The Morgan fingerprint density at radius 2 is 2.09 bits per heavy atom. The Balaban J connectivity index is 0.00000127. The van der Waals surface area contributed by atoms with E-state index in [9.17, 15) is 18.8 Å². The van der Waals surface area contributed by atoms with Gasteiger partial charge >= 0.3 is 0 Å². The van der Waals surface area contributed by atoms with Gasteiger partial charge in [0.1, 0.15) is 18.1 Å². The number of hydrogen-bond donors (Lipinski definition) is 1. The molecule has 1 N–H and O–H groups in total. The number of likely N-dealkylation sites (N-methyl/N-ethyl adjacent to an activating group) is 1. The van der Waals surface area contributed by atoms with Gasteiger partial charge in [0.15, 0.2) is 0 Å². The maximum absolute atomic E-state index is 14.1. The Labute approximate surface area is 135 Å². The van der Waals surface area contributed by atoms with Gasteiger partial charge in [-0.1, -0.05) is 19.9 Å². The third-order valence-electron chi connectivity index (χ3n) is 3.74. The van der Waals surface area contributed by atoms with E-state index < -0.39 is 11.9 Å². The normalized spacial score (nSPS) is 13.8. The van der Waals surface area contributed by atoms with Crippen LogP contribution in [-0.2, 0) is 16.1 Å². The van der Waals surface area contributed by atoms with Crippen molar-refractivity contribution < 1.29 is 18.8 Å². The van der Waals surface area contributed by atoms with Crippen LogP contribution >= 0.6 is 0 Å². The average molecular weight is 322 g/mol. The minimum atomic E-state index is -0.764. The molecule has 0 saturated heterocycles. The summed E-state index contributed by atoms with van der Waals surface area (Å²) in [6, 6.07) is 2.37. The summed E-state index contributed by atoms with van der Waals surface area (Å²) in [5.74, 6) is -1.13. The number of halogens is 1. The monoisotopic (exact) mass is 322 g/mol. The van der Waals surface area contributed by atoms with Gasteiger partial charge in [-0.3, -0.25) is 9.59 Å². The molecule has 2 amide bonds. The molecule has 1 aromatic rings. The molecule has 1 unspecified atom stereocenters. The van der Waals surface area contributed by atoms with E-state index in [4.69, 9.17) is 0 Å². The summed E-state index contributed by atoms with van der Waals surface area (Å²) >= 11 is 0. The minimum Gasteiger partial charge on any atom is -0.357 e. The Morgan fingerprint density at radius 1 is 1.43 bits per heavy atom. The smallest absolute Gasteiger partial charge is 0.255 e. The quantitative estimate of drug-likeness (QED) is 0.845. The Kier molecular flexibility index (Phi) is 6.88. The summed E-state index contributed by atoms with van der Waals surface area (Å²) in [4.78, 5) is 36.2. The molecule has 0 spiro atoms. The number of nitrogens with one attached hydrogen (secondary N) is 1. The maximum Gasteiger partial charge on any atom is 0.255 e. The Morgan fingerprint density at radius 3 is 2.65 bits per heavy atom. The van der Waals surface area contributed by atoms with E-state index in [1.165, 1.54) is 11.9 Å². The fraction of sp³-hybridized carbons (Fsp3) is 0.471. The predicted octanol–water partition coefficient (Wildman–Crippen LogP) is 2.21. The summed E-state index contributed by atoms with van der Waals surface area (Å²) in [5.41, 5.74) is 1.07. The molecular weight excluding hydrogens is 299 g/mol. The highest BCUT2D eigenvalue weighted by molar-refractivity contribution is 6.01. The lowest BCUT2D eigenvalue weighted by Gasteiger charge is -2.25. The second kappa shape index (κ2) is 8.41. The van der Waals surface area contributed by atoms with Crippen molar-refractivity contribution in [3.63, 3.8) is 0 Å². The first-order valence-corrected chi connectivity index (χ1v) is 7.75. The fourth-order valence-electron chi connectivity index (χ4n) is 2.56. The third kappa shape index (κ3) is 3.75. The number of nitrogens with zero attached hydrogens (tertiary/aromatic N) is 1. The molecule has 5 nitrogen and oxygen atoms in total. The van der Waals surface area contributed by atoms with Crippen LogP contribution in [-0.4, -0.2) is 36.1 Å². The van der Waals surface area contributed by atoms with E-state index in [0.717, 1.165) is 0 Å². The lowest BCUT2D eigenvalue weighted by Crippen LogP contribution is -2.46. The van der Waals surface area contributed by atoms with E-state index in [1.807, 2.05) is 13.8 Å². The molecule has 0 aromatic heterocycles. The van der Waals surface area contributed by atoms with Crippen LogP contribution in [0.1, 0.15) is 48.2 Å². The summed E-state index contributed by atoms with van der Waals surface area (Å²) in [5, 5.41) is 2.48. The van der Waals surface area contributed by atoms with Crippen molar-refractivity contribution in [3.05, 3.63) is 34.6 Å². The second-order valence-corrected chi connectivity index (χ2v) is 5.03. The first kappa shape index (κ1) is 18.8. The van der Waals surface area contributed by atoms with Crippen LogP contribution in [0.4, 0.5) is 4.39 Å². The number of carbonyl (C=O) groups excluding carboxylic acids is 3. The zero-order valence-corrected chi connectivity index (χ0v) is 14.0. The van der Waals surface area contributed by atoms with Gasteiger partial charge in [0.2, 0.25) is 5.91 Å². The van der Waals surface area contributed by atoms with E-state index in [2.05, 4.69) is 5.32 Å². The standard InChI is InChI=1S/C15H17FN2O3.C2H6/c1-9-5-6-10-11(13(9)16)8-18(15(10)21)12(4-3-7-19)14(20)17-2;1-2/h5-7,12H,3-4,8H2,1-2H3,(H,17,20);1-2H3. The lowest BCUT2D eigenvalue weighted by molar-refractivity contribution is -0.125. The van der Waals surface area contributed by atoms with Crippen molar-refractivity contribution in [2.75, 3.05) is 7.05 Å². The second-order valence-electron chi connectivity index (χ2n) is 5.03. The average Bonchev–Trinajstić information content (AvgIpc) is 2.90. The molecule has 1 aliphatic rings. The molecule has 126 valence electrons. The number of fused-ring (bicyclic) bond motifs is 1. The van der Waals surface area contributed by atoms with Gasteiger partial charge in [-0.25, -0.2) is 4.39 Å². The molecule has 6 heteroatoms. The van der Waals surface area contributed by atoms with Gasteiger partial charge < -0.3 is 15.0 Å². The van der Waals surface area contributed by atoms with Crippen LogP contribution in [0.25, 0.3) is 0 Å². The van der Waals surface area contributed by atoms with E-state index in [0.29, 0.717) is 17.4 Å². The Hall–Kier alpha value is -2.24. The van der Waals surface area contributed by atoms with Crippen LogP contribution in [0.15, 0.2) is 12.1 Å². The first-order chi connectivity index (χ1) is 11.0. The molecule has 1 atom stereocenters. The van der Waals surface area contributed by atoms with E-state index in [1.54, 1.807) is 19.1 Å². The summed E-state index contributed by atoms with van der Waals surface area (Å²) < 4.78 is 14.1. The fourth-order valence-corrected chi connectivity index (χ4v) is 2.56. The molecule has 1 aromatic carbocycles. The van der Waals surface area contributed by atoms with Gasteiger partial charge in [0.25, 0.3) is 5.91 Å². The van der Waals surface area contributed by atoms with Crippen molar-refractivity contribution in [2.45, 2.75) is 46.2 Å². The maximum atomic E-state index is 14.1. The summed E-state index contributed by atoms with van der Waals surface area (Å²) in [6.07, 6.45) is 1.09. The molecule has 0 bridgehead atoms. The van der Waals surface area contributed by atoms with E-state index >= 15 is 0 Å². The number of hydrogen-bond acceptors (Lipinski definition) is 3. The van der Waals surface area contributed by atoms with Crippen LogP contribution < -0.4 is 5.32 Å². The molecular formula is C17H23FN2O3. The minimum absolute atomic E-state index is 0.0542. The van der Waals surface area contributed by atoms with Gasteiger partial charge in [-0.2, -0.15) is 0 Å². The van der Waals surface area contributed by atoms with Crippen LogP contribution in [0.5, 0.6) is 0 Å². The van der Waals surface area contributed by atoms with Gasteiger partial charge in [0, 0.05) is 24.6 Å². The molecule has 0 aliphatic carbocycles. The van der Waals surface area contributed by atoms with Crippen molar-refractivity contribution in [1.29, 1.82) is 0 Å². The molecule has 1 aliphatic heterocycles. The highest BCUT2D eigenvalue weighted by Crippen LogP contribution is 2.29. The lowest BCUT2D eigenvalue weighted by atomic mass is 10.1. The number of amides is 2. The van der Waals surface area contributed by atoms with E-state index in [-0.39, 0.29) is 36.8 Å². The largest absolute Gasteiger partial charge is 0.357 e. The molecule has 0 fully saturated rings. The number of benzene rings is 1. The Bertz CT molecular complexity index is 602. The van der Waals surface area contributed by atoms with Gasteiger partial charge in [-0.15, -0.1) is 0 Å². The SMILES string of the molecule is CC.CNC(=O)C(CCC=O)N1Cc2c(ccc(C)c2F)C1=O. The number of aldehydes is 1. The molecule has 23 heavy (non-hydrogen) atoms. The van der Waals surface area contributed by atoms with Crippen LogP contribution in [0.2, 0.25) is 0 Å². The first-order valence-electron chi connectivity index (χ1n) is 7.75. The van der Waals surface area contributed by atoms with Gasteiger partial charge in [-0.05, 0) is 25.0 Å². The number of carbonyl (C=O) groups is 3. The van der Waals surface area contributed by atoms with Crippen molar-refractivity contribution >= 4 is 18.1 Å². The highest BCUT2D eigenvalue weighted by Gasteiger charge is 2.37. The van der Waals surface area contributed by atoms with Crippen molar-refractivity contribution in [1.82, 2.24) is 10.2 Å². The number of aryl methyl sites for hydroxylation is 1. The zero-order chi connectivity index (χ0) is 17.6. The highest BCUT2D eigenvalue weighted by atomic mass is 19.1. The summed E-state index contributed by atoms with van der Waals surface area (Å²) in [6.45, 7) is 5.68.